The molecule has 1 heterocycles. The van der Waals surface area contributed by atoms with Crippen molar-refractivity contribution in [1.29, 1.82) is 0 Å². The van der Waals surface area contributed by atoms with Gasteiger partial charge >= 0.3 is 0 Å². The standard InChI is InChI=1S/C19H18N4O3/c1-2-18-17(12-20-22(18)13-14-6-4-3-5-7-14)19(24)21-15-8-10-16(11-9-15)23(25)26/h3-12H,2,13H2,1H3,(H,21,24). The van der Waals surface area contributed by atoms with E-state index < -0.39 is 4.92 Å². The van der Waals surface area contributed by atoms with Crippen molar-refractivity contribution >= 4 is 17.3 Å². The lowest BCUT2D eigenvalue weighted by Gasteiger charge is -2.09. The summed E-state index contributed by atoms with van der Waals surface area (Å²) < 4.78 is 1.82. The number of nitro groups is 1. The second-order valence-electron chi connectivity index (χ2n) is 5.76. The summed E-state index contributed by atoms with van der Waals surface area (Å²) >= 11 is 0. The first-order valence-corrected chi connectivity index (χ1v) is 8.23. The summed E-state index contributed by atoms with van der Waals surface area (Å²) in [5.41, 5.74) is 2.93. The maximum atomic E-state index is 12.6. The summed E-state index contributed by atoms with van der Waals surface area (Å²) in [6.45, 7) is 2.57. The van der Waals surface area contributed by atoms with Crippen molar-refractivity contribution in [2.45, 2.75) is 19.9 Å². The highest BCUT2D eigenvalue weighted by atomic mass is 16.6. The van der Waals surface area contributed by atoms with Crippen molar-refractivity contribution in [2.24, 2.45) is 0 Å². The van der Waals surface area contributed by atoms with Gasteiger partial charge in [-0.15, -0.1) is 0 Å². The van der Waals surface area contributed by atoms with Crippen LogP contribution in [0.4, 0.5) is 11.4 Å². The zero-order valence-electron chi connectivity index (χ0n) is 14.3. The number of non-ortho nitro benzene ring substituents is 1. The summed E-state index contributed by atoms with van der Waals surface area (Å²) in [7, 11) is 0. The summed E-state index contributed by atoms with van der Waals surface area (Å²) in [5.74, 6) is -0.282. The van der Waals surface area contributed by atoms with E-state index in [0.717, 1.165) is 11.3 Å². The Bertz CT molecular complexity index is 918. The minimum absolute atomic E-state index is 0.0204. The lowest BCUT2D eigenvalue weighted by Crippen LogP contribution is -2.15. The highest BCUT2D eigenvalue weighted by Gasteiger charge is 2.17. The molecule has 0 aliphatic carbocycles. The molecule has 0 radical (unpaired) electrons. The average molecular weight is 350 g/mol. The Morgan fingerprint density at radius 3 is 2.46 bits per heavy atom. The monoisotopic (exact) mass is 350 g/mol. The van der Waals surface area contributed by atoms with E-state index in [-0.39, 0.29) is 11.6 Å². The molecular formula is C19H18N4O3. The third kappa shape index (κ3) is 3.77. The molecule has 0 atom stereocenters. The van der Waals surface area contributed by atoms with Gasteiger partial charge in [-0.1, -0.05) is 37.3 Å². The van der Waals surface area contributed by atoms with E-state index >= 15 is 0 Å². The number of carbonyl (C=O) groups is 1. The van der Waals surface area contributed by atoms with Gasteiger partial charge in [-0.2, -0.15) is 5.10 Å². The molecule has 3 rings (SSSR count). The van der Waals surface area contributed by atoms with Gasteiger partial charge < -0.3 is 5.32 Å². The van der Waals surface area contributed by atoms with Gasteiger partial charge in [-0.25, -0.2) is 0 Å². The molecule has 7 nitrogen and oxygen atoms in total. The fourth-order valence-corrected chi connectivity index (χ4v) is 2.73. The van der Waals surface area contributed by atoms with E-state index in [1.54, 1.807) is 6.20 Å². The zero-order chi connectivity index (χ0) is 18.5. The first-order valence-electron chi connectivity index (χ1n) is 8.23. The van der Waals surface area contributed by atoms with Crippen LogP contribution in [0.3, 0.4) is 0 Å². The van der Waals surface area contributed by atoms with Crippen molar-refractivity contribution in [2.75, 3.05) is 5.32 Å². The Labute approximate surface area is 150 Å². The van der Waals surface area contributed by atoms with Gasteiger partial charge in [0.15, 0.2) is 0 Å². The van der Waals surface area contributed by atoms with Crippen molar-refractivity contribution in [3.8, 4) is 0 Å². The normalized spacial score (nSPS) is 10.5. The fraction of sp³-hybridized carbons (Fsp3) is 0.158. The van der Waals surface area contributed by atoms with Gasteiger partial charge in [0.25, 0.3) is 11.6 Å². The summed E-state index contributed by atoms with van der Waals surface area (Å²) in [4.78, 5) is 22.8. The highest BCUT2D eigenvalue weighted by molar-refractivity contribution is 6.05. The predicted octanol–water partition coefficient (Wildman–Crippen LogP) is 3.65. The molecule has 7 heteroatoms. The van der Waals surface area contributed by atoms with Gasteiger partial charge in [-0.05, 0) is 24.1 Å². The second-order valence-corrected chi connectivity index (χ2v) is 5.76. The third-order valence-electron chi connectivity index (χ3n) is 4.04. The molecule has 3 aromatic rings. The number of anilines is 1. The Balaban J connectivity index is 1.78. The van der Waals surface area contributed by atoms with Crippen molar-refractivity contribution in [1.82, 2.24) is 9.78 Å². The summed E-state index contributed by atoms with van der Waals surface area (Å²) in [5, 5.41) is 17.8. The van der Waals surface area contributed by atoms with Gasteiger partial charge in [-0.3, -0.25) is 19.6 Å². The Hall–Kier alpha value is -3.48. The van der Waals surface area contributed by atoms with E-state index in [0.29, 0.717) is 24.2 Å². The molecule has 0 fully saturated rings. The fourth-order valence-electron chi connectivity index (χ4n) is 2.73. The van der Waals surface area contributed by atoms with E-state index in [2.05, 4.69) is 10.4 Å². The van der Waals surface area contributed by atoms with Crippen LogP contribution in [0.15, 0.2) is 60.8 Å². The maximum absolute atomic E-state index is 12.6. The third-order valence-corrected chi connectivity index (χ3v) is 4.04. The molecule has 0 bridgehead atoms. The van der Waals surface area contributed by atoms with Crippen LogP contribution in [0.25, 0.3) is 0 Å². The Kier molecular flexibility index (Phi) is 5.07. The number of hydrogen-bond acceptors (Lipinski definition) is 4. The largest absolute Gasteiger partial charge is 0.322 e. The highest BCUT2D eigenvalue weighted by Crippen LogP contribution is 2.18. The number of amides is 1. The van der Waals surface area contributed by atoms with E-state index in [1.165, 1.54) is 24.3 Å². The predicted molar refractivity (Wildman–Crippen MR) is 98.2 cm³/mol. The van der Waals surface area contributed by atoms with Crippen LogP contribution in [-0.4, -0.2) is 20.6 Å². The first kappa shape index (κ1) is 17.3. The number of nitrogens with zero attached hydrogens (tertiary/aromatic N) is 3. The van der Waals surface area contributed by atoms with Crippen molar-refractivity contribution in [3.63, 3.8) is 0 Å². The average Bonchev–Trinajstić information content (AvgIpc) is 3.05. The smallest absolute Gasteiger partial charge is 0.269 e. The first-order chi connectivity index (χ1) is 12.6. The van der Waals surface area contributed by atoms with Crippen LogP contribution < -0.4 is 5.32 Å². The topological polar surface area (TPSA) is 90.1 Å². The molecule has 1 amide bonds. The SMILES string of the molecule is CCc1c(C(=O)Nc2ccc([N+](=O)[O-])cc2)cnn1Cc1ccccc1. The number of nitrogens with one attached hydrogen (secondary N) is 1. The van der Waals surface area contributed by atoms with Crippen molar-refractivity contribution in [3.05, 3.63) is 87.7 Å². The number of benzene rings is 2. The molecule has 0 saturated heterocycles. The molecule has 0 aliphatic rings. The number of hydrogen-bond donors (Lipinski definition) is 1. The molecule has 1 N–H and O–H groups in total. The molecule has 132 valence electrons. The van der Waals surface area contributed by atoms with Crippen LogP contribution >= 0.6 is 0 Å². The number of carbonyl (C=O) groups excluding carboxylic acids is 1. The summed E-state index contributed by atoms with van der Waals surface area (Å²) in [6.07, 6.45) is 2.22. The molecule has 0 spiro atoms. The molecule has 1 aromatic heterocycles. The van der Waals surface area contributed by atoms with Crippen molar-refractivity contribution < 1.29 is 9.72 Å². The quantitative estimate of drug-likeness (QED) is 0.543. The molecule has 2 aromatic carbocycles. The van der Waals surface area contributed by atoms with Crippen LogP contribution in [0, 0.1) is 10.1 Å². The van der Waals surface area contributed by atoms with Crippen LogP contribution in [0.5, 0.6) is 0 Å². The summed E-state index contributed by atoms with van der Waals surface area (Å²) in [6, 6.07) is 15.6. The van der Waals surface area contributed by atoms with Crippen LogP contribution in [0.2, 0.25) is 0 Å². The van der Waals surface area contributed by atoms with Gasteiger partial charge in [0.2, 0.25) is 0 Å². The van der Waals surface area contributed by atoms with Crippen LogP contribution in [0.1, 0.15) is 28.5 Å². The van der Waals surface area contributed by atoms with Crippen LogP contribution in [-0.2, 0) is 13.0 Å². The maximum Gasteiger partial charge on any atom is 0.269 e. The Morgan fingerprint density at radius 2 is 1.85 bits per heavy atom. The van der Waals surface area contributed by atoms with E-state index in [4.69, 9.17) is 0 Å². The second kappa shape index (κ2) is 7.60. The molecule has 0 aliphatic heterocycles. The molecular weight excluding hydrogens is 332 g/mol. The van der Waals surface area contributed by atoms with E-state index in [1.807, 2.05) is 41.9 Å². The molecule has 0 saturated carbocycles. The number of rotatable bonds is 6. The minimum Gasteiger partial charge on any atom is -0.322 e. The molecule has 26 heavy (non-hydrogen) atoms. The van der Waals surface area contributed by atoms with E-state index in [9.17, 15) is 14.9 Å². The number of nitro benzene ring substituents is 1. The van der Waals surface area contributed by atoms with Gasteiger partial charge in [0, 0.05) is 17.8 Å². The van der Waals surface area contributed by atoms with Gasteiger partial charge in [0.1, 0.15) is 0 Å². The lowest BCUT2D eigenvalue weighted by atomic mass is 10.1. The lowest BCUT2D eigenvalue weighted by molar-refractivity contribution is -0.384. The molecule has 0 unspecified atom stereocenters. The Morgan fingerprint density at radius 1 is 1.15 bits per heavy atom. The minimum atomic E-state index is -0.478. The van der Waals surface area contributed by atoms with Gasteiger partial charge in [0.05, 0.1) is 28.9 Å². The number of aromatic nitrogens is 2. The zero-order valence-corrected chi connectivity index (χ0v) is 14.3.